The fraction of sp³-hybridized carbons (Fsp3) is 0.812. The van der Waals surface area contributed by atoms with Crippen molar-refractivity contribution >= 4 is 29.9 Å². The van der Waals surface area contributed by atoms with Crippen molar-refractivity contribution in [3.05, 3.63) is 12.2 Å². The van der Waals surface area contributed by atoms with Crippen molar-refractivity contribution in [2.24, 2.45) is 4.99 Å². The smallest absolute Gasteiger partial charge is 0.191 e. The first-order valence-corrected chi connectivity index (χ1v) is 8.23. The second-order valence-corrected chi connectivity index (χ2v) is 5.93. The summed E-state index contributed by atoms with van der Waals surface area (Å²) in [6, 6.07) is 1.26. The van der Waals surface area contributed by atoms with E-state index >= 15 is 0 Å². The summed E-state index contributed by atoms with van der Waals surface area (Å²) in [6.45, 7) is 8.60. The molecule has 0 aromatic carbocycles. The highest BCUT2D eigenvalue weighted by Crippen LogP contribution is 2.15. The normalized spacial score (nSPS) is 23.9. The van der Waals surface area contributed by atoms with Gasteiger partial charge in [0.1, 0.15) is 0 Å². The van der Waals surface area contributed by atoms with Gasteiger partial charge in [-0.1, -0.05) is 18.6 Å². The van der Waals surface area contributed by atoms with Crippen molar-refractivity contribution < 1.29 is 0 Å². The molecule has 21 heavy (non-hydrogen) atoms. The van der Waals surface area contributed by atoms with Gasteiger partial charge in [0.05, 0.1) is 6.54 Å². The van der Waals surface area contributed by atoms with Crippen LogP contribution in [0.15, 0.2) is 17.1 Å². The molecule has 2 aliphatic rings. The summed E-state index contributed by atoms with van der Waals surface area (Å²) < 4.78 is 0. The Bertz CT molecular complexity index is 335. The Morgan fingerprint density at radius 3 is 2.71 bits per heavy atom. The molecule has 0 aromatic heterocycles. The van der Waals surface area contributed by atoms with E-state index in [9.17, 15) is 0 Å². The predicted octanol–water partition coefficient (Wildman–Crippen LogP) is 2.75. The van der Waals surface area contributed by atoms with E-state index in [1.165, 1.54) is 25.8 Å². The van der Waals surface area contributed by atoms with Gasteiger partial charge in [0.15, 0.2) is 5.96 Å². The number of nitrogens with one attached hydrogen (secondary N) is 2. The van der Waals surface area contributed by atoms with E-state index in [-0.39, 0.29) is 24.0 Å². The molecule has 1 saturated heterocycles. The first kappa shape index (κ1) is 18.7. The molecule has 122 valence electrons. The maximum Gasteiger partial charge on any atom is 0.191 e. The van der Waals surface area contributed by atoms with E-state index in [2.05, 4.69) is 41.5 Å². The van der Waals surface area contributed by atoms with Gasteiger partial charge in [-0.05, 0) is 46.1 Å². The highest BCUT2D eigenvalue weighted by molar-refractivity contribution is 14.0. The SMILES string of the molecule is CCNC(=NCCN1CCCCC1C)NC1CC=CC1.I. The zero-order valence-corrected chi connectivity index (χ0v) is 15.8. The molecule has 0 radical (unpaired) electrons. The second kappa shape index (κ2) is 10.4. The first-order chi connectivity index (χ1) is 9.79. The molecule has 2 rings (SSSR count). The Morgan fingerprint density at radius 1 is 1.29 bits per heavy atom. The second-order valence-electron chi connectivity index (χ2n) is 5.93. The lowest BCUT2D eigenvalue weighted by Gasteiger charge is -2.32. The van der Waals surface area contributed by atoms with Crippen LogP contribution >= 0.6 is 24.0 Å². The average molecular weight is 406 g/mol. The van der Waals surface area contributed by atoms with E-state index in [1.807, 2.05) is 0 Å². The lowest BCUT2D eigenvalue weighted by Crippen LogP contribution is -2.43. The zero-order valence-electron chi connectivity index (χ0n) is 13.5. The molecule has 1 heterocycles. The predicted molar refractivity (Wildman–Crippen MR) is 102 cm³/mol. The maximum absolute atomic E-state index is 4.73. The van der Waals surface area contributed by atoms with Crippen LogP contribution in [0.1, 0.15) is 46.0 Å². The van der Waals surface area contributed by atoms with Crippen LogP contribution in [0.3, 0.4) is 0 Å². The van der Waals surface area contributed by atoms with Gasteiger partial charge in [0.2, 0.25) is 0 Å². The topological polar surface area (TPSA) is 39.7 Å². The molecule has 1 aliphatic heterocycles. The maximum atomic E-state index is 4.73. The molecule has 1 unspecified atom stereocenters. The Morgan fingerprint density at radius 2 is 2.05 bits per heavy atom. The highest BCUT2D eigenvalue weighted by Gasteiger charge is 2.17. The Hall–Kier alpha value is -0.300. The van der Waals surface area contributed by atoms with Crippen LogP contribution in [0.25, 0.3) is 0 Å². The number of aliphatic imine (C=N–C) groups is 1. The van der Waals surface area contributed by atoms with Crippen LogP contribution in [0.5, 0.6) is 0 Å². The molecule has 0 bridgehead atoms. The summed E-state index contributed by atoms with van der Waals surface area (Å²) in [6.07, 6.45) is 10.8. The Balaban J connectivity index is 0.00000220. The van der Waals surface area contributed by atoms with Crippen LogP contribution in [-0.2, 0) is 0 Å². The van der Waals surface area contributed by atoms with Crippen molar-refractivity contribution in [2.45, 2.75) is 58.0 Å². The molecule has 1 fully saturated rings. The number of hydrogen-bond donors (Lipinski definition) is 2. The number of nitrogens with zero attached hydrogens (tertiary/aromatic N) is 2. The van der Waals surface area contributed by atoms with Crippen LogP contribution in [0.4, 0.5) is 0 Å². The van der Waals surface area contributed by atoms with Gasteiger partial charge in [-0.3, -0.25) is 9.89 Å². The lowest BCUT2D eigenvalue weighted by atomic mass is 10.0. The summed E-state index contributed by atoms with van der Waals surface area (Å²) in [4.78, 5) is 7.31. The van der Waals surface area contributed by atoms with Gasteiger partial charge in [-0.15, -0.1) is 24.0 Å². The van der Waals surface area contributed by atoms with E-state index in [1.54, 1.807) is 0 Å². The molecule has 4 nitrogen and oxygen atoms in total. The Labute approximate surface area is 146 Å². The van der Waals surface area contributed by atoms with Crippen LogP contribution in [0.2, 0.25) is 0 Å². The minimum Gasteiger partial charge on any atom is -0.357 e. The van der Waals surface area contributed by atoms with Crippen molar-refractivity contribution in [1.82, 2.24) is 15.5 Å². The largest absolute Gasteiger partial charge is 0.357 e. The lowest BCUT2D eigenvalue weighted by molar-refractivity contribution is 0.166. The summed E-state index contributed by atoms with van der Waals surface area (Å²) in [5.41, 5.74) is 0. The molecule has 0 saturated carbocycles. The molecule has 1 aliphatic carbocycles. The molecule has 1 atom stereocenters. The summed E-state index contributed by atoms with van der Waals surface area (Å²) in [5.74, 6) is 0.978. The number of halogens is 1. The van der Waals surface area contributed by atoms with E-state index < -0.39 is 0 Å². The minimum absolute atomic E-state index is 0. The highest BCUT2D eigenvalue weighted by atomic mass is 127. The molecule has 5 heteroatoms. The zero-order chi connectivity index (χ0) is 14.2. The number of likely N-dealkylation sites (tertiary alicyclic amines) is 1. The fourth-order valence-electron chi connectivity index (χ4n) is 3.03. The van der Waals surface area contributed by atoms with Gasteiger partial charge < -0.3 is 10.6 Å². The van der Waals surface area contributed by atoms with Crippen molar-refractivity contribution in [2.75, 3.05) is 26.2 Å². The van der Waals surface area contributed by atoms with Crippen molar-refractivity contribution in [1.29, 1.82) is 0 Å². The number of rotatable bonds is 5. The van der Waals surface area contributed by atoms with Gasteiger partial charge in [-0.2, -0.15) is 0 Å². The third kappa shape index (κ3) is 6.55. The van der Waals surface area contributed by atoms with Gasteiger partial charge in [-0.25, -0.2) is 0 Å². The Kier molecular flexibility index (Phi) is 9.31. The average Bonchev–Trinajstić information content (AvgIpc) is 2.94. The third-order valence-corrected chi connectivity index (χ3v) is 4.29. The standard InChI is InChI=1S/C16H30N4.HI/c1-3-17-16(19-15-9-4-5-10-15)18-11-13-20-12-7-6-8-14(20)2;/h4-5,14-15H,3,6-13H2,1-2H3,(H2,17,18,19);1H. The van der Waals surface area contributed by atoms with Crippen molar-refractivity contribution in [3.63, 3.8) is 0 Å². The van der Waals surface area contributed by atoms with E-state index in [0.29, 0.717) is 6.04 Å². The van der Waals surface area contributed by atoms with E-state index in [0.717, 1.165) is 44.5 Å². The summed E-state index contributed by atoms with van der Waals surface area (Å²) in [5, 5.41) is 6.87. The monoisotopic (exact) mass is 406 g/mol. The third-order valence-electron chi connectivity index (χ3n) is 4.29. The van der Waals surface area contributed by atoms with Crippen LogP contribution in [-0.4, -0.2) is 49.1 Å². The molecular weight excluding hydrogens is 375 g/mol. The summed E-state index contributed by atoms with van der Waals surface area (Å²) in [7, 11) is 0. The molecule has 2 N–H and O–H groups in total. The summed E-state index contributed by atoms with van der Waals surface area (Å²) >= 11 is 0. The van der Waals surface area contributed by atoms with Crippen molar-refractivity contribution in [3.8, 4) is 0 Å². The van der Waals surface area contributed by atoms with Crippen LogP contribution in [0, 0.1) is 0 Å². The first-order valence-electron chi connectivity index (χ1n) is 8.23. The van der Waals surface area contributed by atoms with Crippen LogP contribution < -0.4 is 10.6 Å². The molecular formula is C16H31IN4. The van der Waals surface area contributed by atoms with E-state index in [4.69, 9.17) is 4.99 Å². The molecule has 0 spiro atoms. The van der Waals surface area contributed by atoms with Gasteiger partial charge >= 0.3 is 0 Å². The minimum atomic E-state index is 0. The molecule has 0 amide bonds. The van der Waals surface area contributed by atoms with Gasteiger partial charge in [0, 0.05) is 25.2 Å². The number of guanidine groups is 1. The number of piperidine rings is 1. The van der Waals surface area contributed by atoms with Gasteiger partial charge in [0.25, 0.3) is 0 Å². The molecule has 0 aromatic rings. The number of hydrogen-bond acceptors (Lipinski definition) is 2. The quantitative estimate of drug-likeness (QED) is 0.319. The fourth-order valence-corrected chi connectivity index (χ4v) is 3.03.